The summed E-state index contributed by atoms with van der Waals surface area (Å²) in [5, 5.41) is 0. The fourth-order valence-electron chi connectivity index (χ4n) is 7.95. The van der Waals surface area contributed by atoms with Gasteiger partial charge in [-0.25, -0.2) is 0 Å². The second-order valence-electron chi connectivity index (χ2n) is 15.2. The van der Waals surface area contributed by atoms with Crippen LogP contribution in [0.1, 0.15) is 185 Å². The minimum atomic E-state index is -0.00397. The highest BCUT2D eigenvalue weighted by atomic mass is 79.9. The molecule has 52 heavy (non-hydrogen) atoms. The molecule has 0 radical (unpaired) electrons. The van der Waals surface area contributed by atoms with Gasteiger partial charge in [-0.1, -0.05) is 156 Å². The van der Waals surface area contributed by atoms with Crippen LogP contribution in [0.3, 0.4) is 0 Å². The lowest BCUT2D eigenvalue weighted by molar-refractivity contribution is -0.124. The lowest BCUT2D eigenvalue weighted by atomic mass is 9.93. The minimum absolute atomic E-state index is 0.00397. The standard InChI is InChI=1S/C44H66Br2N2O2S2/c1-4-7-10-13-15-17-18-20-22-24-27-34(26-23-21-19-16-14-11-8-5-2)33-48-42(36-29-31-38(46)52-36)40-39(44(48)50)41(35-28-30-37(45)51-35)47(43(40)49)32-25-12-9-6-3/h28-31,34H,4-27,32-33H2,1-3H3. The van der Waals surface area contributed by atoms with Crippen molar-refractivity contribution in [2.45, 2.75) is 175 Å². The van der Waals surface area contributed by atoms with Crippen molar-refractivity contribution < 1.29 is 9.59 Å². The van der Waals surface area contributed by atoms with Crippen molar-refractivity contribution in [1.29, 1.82) is 0 Å². The van der Waals surface area contributed by atoms with Gasteiger partial charge in [0.05, 0.1) is 39.9 Å². The normalized spacial score (nSPS) is 15.2. The average Bonchev–Trinajstić information content (AvgIpc) is 3.89. The fraction of sp³-hybridized carbons (Fsp3) is 0.682. The molecule has 2 aliphatic heterocycles. The van der Waals surface area contributed by atoms with Crippen LogP contribution in [0.2, 0.25) is 0 Å². The number of carbonyl (C=O) groups excluding carboxylic acids is 2. The second-order valence-corrected chi connectivity index (χ2v) is 20.1. The summed E-state index contributed by atoms with van der Waals surface area (Å²) in [6.45, 7) is 8.12. The molecule has 1 unspecified atom stereocenters. The van der Waals surface area contributed by atoms with Gasteiger partial charge >= 0.3 is 0 Å². The maximum absolute atomic E-state index is 14.8. The van der Waals surface area contributed by atoms with E-state index in [4.69, 9.17) is 0 Å². The van der Waals surface area contributed by atoms with Gasteiger partial charge < -0.3 is 9.80 Å². The van der Waals surface area contributed by atoms with Crippen LogP contribution in [0, 0.1) is 5.92 Å². The van der Waals surface area contributed by atoms with E-state index in [2.05, 4.69) is 70.8 Å². The quantitative estimate of drug-likeness (QED) is 0.0764. The van der Waals surface area contributed by atoms with E-state index in [1.54, 1.807) is 22.7 Å². The van der Waals surface area contributed by atoms with Gasteiger partial charge in [-0.3, -0.25) is 9.59 Å². The predicted octanol–water partition coefficient (Wildman–Crippen LogP) is 15.2. The van der Waals surface area contributed by atoms with Crippen molar-refractivity contribution >= 4 is 77.7 Å². The van der Waals surface area contributed by atoms with Crippen molar-refractivity contribution in [3.63, 3.8) is 0 Å². The van der Waals surface area contributed by atoms with Crippen molar-refractivity contribution in [3.05, 3.63) is 52.7 Å². The Labute approximate surface area is 341 Å². The third kappa shape index (κ3) is 12.9. The molecule has 0 N–H and O–H groups in total. The maximum atomic E-state index is 14.8. The first kappa shape index (κ1) is 43.5. The molecule has 1 atom stereocenters. The lowest BCUT2D eigenvalue weighted by Crippen LogP contribution is -2.33. The molecule has 2 amide bonds. The Morgan fingerprint density at radius 1 is 0.500 bits per heavy atom. The highest BCUT2D eigenvalue weighted by Crippen LogP contribution is 2.49. The van der Waals surface area contributed by atoms with Crippen LogP contribution in [-0.2, 0) is 9.59 Å². The highest BCUT2D eigenvalue weighted by molar-refractivity contribution is 9.11. The summed E-state index contributed by atoms with van der Waals surface area (Å²) in [4.78, 5) is 35.4. The van der Waals surface area contributed by atoms with E-state index in [0.717, 1.165) is 67.2 Å². The van der Waals surface area contributed by atoms with E-state index in [1.807, 2.05) is 15.9 Å². The summed E-state index contributed by atoms with van der Waals surface area (Å²) in [6, 6.07) is 8.25. The SMILES string of the molecule is CCCCCCCCCCCCC(CCCCCCCCCC)CN1C(=O)C2=C(c3ccc(Br)s3)N(CCCCCC)C(=O)C2=C1c1ccc(Br)s1. The molecule has 0 spiro atoms. The molecule has 2 aromatic heterocycles. The number of halogens is 2. The van der Waals surface area contributed by atoms with Crippen LogP contribution < -0.4 is 0 Å². The Kier molecular flexibility index (Phi) is 20.4. The summed E-state index contributed by atoms with van der Waals surface area (Å²) < 4.78 is 2.03. The Bertz CT molecular complexity index is 1440. The zero-order valence-electron chi connectivity index (χ0n) is 32.6. The van der Waals surface area contributed by atoms with Crippen LogP contribution in [0.4, 0.5) is 0 Å². The molecule has 2 aliphatic rings. The van der Waals surface area contributed by atoms with Crippen molar-refractivity contribution in [2.75, 3.05) is 13.1 Å². The van der Waals surface area contributed by atoms with Crippen molar-refractivity contribution in [3.8, 4) is 0 Å². The largest absolute Gasteiger partial charge is 0.306 e. The average molecular weight is 879 g/mol. The van der Waals surface area contributed by atoms with Crippen LogP contribution in [0.25, 0.3) is 11.4 Å². The molecule has 290 valence electrons. The molecule has 4 nitrogen and oxygen atoms in total. The molecule has 0 aliphatic carbocycles. The molecule has 0 bridgehead atoms. The van der Waals surface area contributed by atoms with E-state index < -0.39 is 0 Å². The monoisotopic (exact) mass is 876 g/mol. The van der Waals surface area contributed by atoms with Gasteiger partial charge in [0.15, 0.2) is 0 Å². The van der Waals surface area contributed by atoms with Crippen molar-refractivity contribution in [2.24, 2.45) is 5.92 Å². The topological polar surface area (TPSA) is 40.6 Å². The third-order valence-electron chi connectivity index (χ3n) is 10.9. The Morgan fingerprint density at radius 2 is 0.865 bits per heavy atom. The summed E-state index contributed by atoms with van der Waals surface area (Å²) >= 11 is 10.6. The predicted molar refractivity (Wildman–Crippen MR) is 233 cm³/mol. The first-order valence-electron chi connectivity index (χ1n) is 21.0. The molecule has 0 fully saturated rings. The van der Waals surface area contributed by atoms with Gasteiger partial charge in [0, 0.05) is 13.1 Å². The van der Waals surface area contributed by atoms with E-state index in [9.17, 15) is 9.59 Å². The van der Waals surface area contributed by atoms with E-state index in [0.29, 0.717) is 30.2 Å². The van der Waals surface area contributed by atoms with Crippen LogP contribution in [0.5, 0.6) is 0 Å². The number of amides is 2. The summed E-state index contributed by atoms with van der Waals surface area (Å²) in [6.07, 6.45) is 30.5. The molecule has 2 aromatic rings. The number of thiophene rings is 2. The Hall–Kier alpha value is -1.22. The van der Waals surface area contributed by atoms with Crippen LogP contribution >= 0.6 is 54.5 Å². The number of fused-ring (bicyclic) bond motifs is 1. The highest BCUT2D eigenvalue weighted by Gasteiger charge is 2.49. The number of carbonyl (C=O) groups is 2. The molecule has 4 rings (SSSR count). The van der Waals surface area contributed by atoms with E-state index in [1.165, 1.54) is 116 Å². The van der Waals surface area contributed by atoms with Crippen LogP contribution in [0.15, 0.2) is 43.0 Å². The zero-order chi connectivity index (χ0) is 37.1. The third-order valence-corrected chi connectivity index (χ3v) is 14.2. The number of unbranched alkanes of at least 4 members (excludes halogenated alkanes) is 19. The first-order valence-corrected chi connectivity index (χ1v) is 24.3. The number of hydrogen-bond acceptors (Lipinski definition) is 4. The van der Waals surface area contributed by atoms with Gasteiger partial charge in [-0.05, 0) is 81.3 Å². The van der Waals surface area contributed by atoms with Gasteiger partial charge in [-0.2, -0.15) is 0 Å². The number of hydrogen-bond donors (Lipinski definition) is 0. The molecule has 0 saturated heterocycles. The first-order chi connectivity index (χ1) is 25.4. The Morgan fingerprint density at radius 3 is 1.27 bits per heavy atom. The van der Waals surface area contributed by atoms with Crippen molar-refractivity contribution in [1.82, 2.24) is 9.80 Å². The molecular weight excluding hydrogens is 812 g/mol. The molecule has 0 aromatic carbocycles. The van der Waals surface area contributed by atoms with Gasteiger partial charge in [0.2, 0.25) is 0 Å². The maximum Gasteiger partial charge on any atom is 0.261 e. The molecule has 8 heteroatoms. The van der Waals surface area contributed by atoms with Crippen LogP contribution in [-0.4, -0.2) is 34.7 Å². The summed E-state index contributed by atoms with van der Waals surface area (Å²) in [7, 11) is 0. The summed E-state index contributed by atoms with van der Waals surface area (Å²) in [5.74, 6) is 0.439. The minimum Gasteiger partial charge on any atom is -0.306 e. The number of rotatable bonds is 29. The molecule has 0 saturated carbocycles. The zero-order valence-corrected chi connectivity index (χ0v) is 37.4. The second kappa shape index (κ2) is 24.3. The Balaban J connectivity index is 1.54. The van der Waals surface area contributed by atoms with E-state index >= 15 is 0 Å². The fourth-order valence-corrected chi connectivity index (χ4v) is 10.8. The van der Waals surface area contributed by atoms with Gasteiger partial charge in [0.1, 0.15) is 0 Å². The molecular formula is C44H66Br2N2O2S2. The summed E-state index contributed by atoms with van der Waals surface area (Å²) in [5.41, 5.74) is 2.91. The van der Waals surface area contributed by atoms with Gasteiger partial charge in [-0.15, -0.1) is 22.7 Å². The van der Waals surface area contributed by atoms with E-state index in [-0.39, 0.29) is 11.8 Å². The van der Waals surface area contributed by atoms with Gasteiger partial charge in [0.25, 0.3) is 11.8 Å². The number of nitrogens with zero attached hydrogens (tertiary/aromatic N) is 2. The lowest BCUT2D eigenvalue weighted by Gasteiger charge is -2.28. The smallest absolute Gasteiger partial charge is 0.261 e. The molecule has 4 heterocycles.